The van der Waals surface area contributed by atoms with Gasteiger partial charge in [0, 0.05) is 44.8 Å². The summed E-state index contributed by atoms with van der Waals surface area (Å²) in [4.78, 5) is 31.4. The Morgan fingerprint density at radius 2 is 1.86 bits per heavy atom. The van der Waals surface area contributed by atoms with Crippen LogP contribution in [0.1, 0.15) is 35.2 Å². The molecule has 1 aromatic carbocycles. The SMILES string of the molecule is Cc1c(OC(=O)NCCC2CCN(c3ccncc3)CC2)nn(C)c1NC(=O)c1ccccc1Cl. The highest BCUT2D eigenvalue weighted by molar-refractivity contribution is 6.34. The van der Waals surface area contributed by atoms with Crippen molar-refractivity contribution >= 4 is 35.1 Å². The highest BCUT2D eigenvalue weighted by Crippen LogP contribution is 2.27. The van der Waals surface area contributed by atoms with Gasteiger partial charge >= 0.3 is 6.09 Å². The molecular weight excluding hydrogens is 468 g/mol. The fraction of sp³-hybridized carbons (Fsp3) is 0.360. The number of hydrogen-bond acceptors (Lipinski definition) is 6. The topological polar surface area (TPSA) is 101 Å². The Balaban J connectivity index is 1.24. The molecule has 0 aliphatic carbocycles. The number of pyridine rings is 1. The van der Waals surface area contributed by atoms with Crippen LogP contribution >= 0.6 is 11.6 Å². The largest absolute Gasteiger partial charge is 0.414 e. The van der Waals surface area contributed by atoms with Gasteiger partial charge in [-0.05, 0) is 56.4 Å². The molecule has 2 aromatic heterocycles. The zero-order chi connectivity index (χ0) is 24.8. The van der Waals surface area contributed by atoms with Crippen LogP contribution in [0.5, 0.6) is 5.88 Å². The lowest BCUT2D eigenvalue weighted by Crippen LogP contribution is -2.35. The monoisotopic (exact) mass is 496 g/mol. The fourth-order valence-corrected chi connectivity index (χ4v) is 4.46. The second-order valence-corrected chi connectivity index (χ2v) is 8.98. The molecule has 2 N–H and O–H groups in total. The number of nitrogens with one attached hydrogen (secondary N) is 2. The van der Waals surface area contributed by atoms with E-state index in [1.54, 1.807) is 38.2 Å². The minimum absolute atomic E-state index is 0.144. The van der Waals surface area contributed by atoms with Crippen molar-refractivity contribution in [1.82, 2.24) is 20.1 Å². The molecule has 1 fully saturated rings. The first-order chi connectivity index (χ1) is 16.9. The lowest BCUT2D eigenvalue weighted by atomic mass is 9.93. The summed E-state index contributed by atoms with van der Waals surface area (Å²) in [7, 11) is 1.66. The summed E-state index contributed by atoms with van der Waals surface area (Å²) in [5, 5.41) is 10.2. The van der Waals surface area contributed by atoms with Gasteiger partial charge in [-0.25, -0.2) is 9.48 Å². The number of carbonyl (C=O) groups is 2. The second kappa shape index (κ2) is 11.2. The Labute approximate surface area is 209 Å². The average molecular weight is 497 g/mol. The molecule has 0 saturated carbocycles. The van der Waals surface area contributed by atoms with Crippen LogP contribution in [-0.4, -0.2) is 46.4 Å². The van der Waals surface area contributed by atoms with Crippen molar-refractivity contribution in [3.05, 3.63) is 64.9 Å². The molecule has 184 valence electrons. The van der Waals surface area contributed by atoms with Gasteiger partial charge in [0.1, 0.15) is 5.82 Å². The third-order valence-electron chi connectivity index (χ3n) is 6.24. The number of ether oxygens (including phenoxy) is 1. The molecule has 9 nitrogen and oxygen atoms in total. The lowest BCUT2D eigenvalue weighted by molar-refractivity contribution is 0.102. The summed E-state index contributed by atoms with van der Waals surface area (Å²) in [5.41, 5.74) is 2.10. The molecule has 10 heteroatoms. The van der Waals surface area contributed by atoms with Gasteiger partial charge < -0.3 is 20.3 Å². The van der Waals surface area contributed by atoms with Crippen LogP contribution in [0.4, 0.5) is 16.3 Å². The number of nitrogens with zero attached hydrogens (tertiary/aromatic N) is 4. The van der Waals surface area contributed by atoms with Gasteiger partial charge in [-0.3, -0.25) is 9.78 Å². The van der Waals surface area contributed by atoms with E-state index in [1.165, 1.54) is 10.4 Å². The molecule has 0 unspecified atom stereocenters. The number of anilines is 2. The highest BCUT2D eigenvalue weighted by atomic mass is 35.5. The van der Waals surface area contributed by atoms with E-state index in [0.717, 1.165) is 32.4 Å². The first-order valence-electron chi connectivity index (χ1n) is 11.6. The molecule has 3 aromatic rings. The minimum Gasteiger partial charge on any atom is -0.389 e. The summed E-state index contributed by atoms with van der Waals surface area (Å²) < 4.78 is 6.87. The number of halogens is 1. The fourth-order valence-electron chi connectivity index (χ4n) is 4.23. The number of aromatic nitrogens is 3. The Hall–Kier alpha value is -3.59. The molecule has 1 saturated heterocycles. The van der Waals surface area contributed by atoms with E-state index in [-0.39, 0.29) is 11.8 Å². The van der Waals surface area contributed by atoms with Gasteiger partial charge in [-0.2, -0.15) is 0 Å². The zero-order valence-electron chi connectivity index (χ0n) is 19.8. The molecular formula is C25H29ClN6O3. The summed E-state index contributed by atoms with van der Waals surface area (Å²) in [6.45, 7) is 4.25. The van der Waals surface area contributed by atoms with Crippen molar-refractivity contribution in [2.75, 3.05) is 29.9 Å². The van der Waals surface area contributed by atoms with Crippen LogP contribution in [-0.2, 0) is 7.05 Å². The Morgan fingerprint density at radius 3 is 2.57 bits per heavy atom. The Kier molecular flexibility index (Phi) is 7.87. The van der Waals surface area contributed by atoms with Gasteiger partial charge in [-0.15, -0.1) is 5.10 Å². The Morgan fingerprint density at radius 1 is 1.14 bits per heavy atom. The minimum atomic E-state index is -0.565. The number of carbonyl (C=O) groups excluding carboxylic acids is 2. The maximum absolute atomic E-state index is 12.6. The highest BCUT2D eigenvalue weighted by Gasteiger charge is 2.21. The van der Waals surface area contributed by atoms with Crippen molar-refractivity contribution in [3.63, 3.8) is 0 Å². The molecule has 2 amide bonds. The first kappa shape index (κ1) is 24.5. The third kappa shape index (κ3) is 6.10. The van der Waals surface area contributed by atoms with Crippen LogP contribution in [0.2, 0.25) is 5.02 Å². The van der Waals surface area contributed by atoms with E-state index in [9.17, 15) is 9.59 Å². The third-order valence-corrected chi connectivity index (χ3v) is 6.57. The zero-order valence-corrected chi connectivity index (χ0v) is 20.6. The van der Waals surface area contributed by atoms with Gasteiger partial charge in [0.2, 0.25) is 5.88 Å². The first-order valence-corrected chi connectivity index (χ1v) is 12.0. The smallest absolute Gasteiger partial charge is 0.389 e. The van der Waals surface area contributed by atoms with Crippen molar-refractivity contribution in [2.45, 2.75) is 26.2 Å². The average Bonchev–Trinajstić information content (AvgIpc) is 3.12. The van der Waals surface area contributed by atoms with E-state index in [1.807, 2.05) is 24.5 Å². The number of amides is 2. The number of piperidine rings is 1. The maximum Gasteiger partial charge on any atom is 0.414 e. The van der Waals surface area contributed by atoms with E-state index in [2.05, 4.69) is 25.6 Å². The number of rotatable bonds is 7. The molecule has 0 spiro atoms. The Bertz CT molecular complexity index is 1180. The van der Waals surface area contributed by atoms with Crippen molar-refractivity contribution < 1.29 is 14.3 Å². The standard InChI is InChI=1S/C25H29ClN6O3/c1-17-22(29-23(33)20-5-3-4-6-21(20)26)31(2)30-24(17)35-25(34)28-14-7-18-10-15-32(16-11-18)19-8-12-27-13-9-19/h3-6,8-9,12-13,18H,7,10-11,14-16H2,1-2H3,(H,28,34)(H,29,33). The number of hydrogen-bond donors (Lipinski definition) is 2. The van der Waals surface area contributed by atoms with Gasteiger partial charge in [0.25, 0.3) is 5.91 Å². The van der Waals surface area contributed by atoms with Crippen LogP contribution in [0, 0.1) is 12.8 Å². The molecule has 1 aliphatic heterocycles. The van der Waals surface area contributed by atoms with Crippen molar-refractivity contribution in [1.29, 1.82) is 0 Å². The van der Waals surface area contributed by atoms with Crippen LogP contribution in [0.3, 0.4) is 0 Å². The molecule has 1 aliphatic rings. The van der Waals surface area contributed by atoms with E-state index in [4.69, 9.17) is 16.3 Å². The van der Waals surface area contributed by atoms with Gasteiger partial charge in [-0.1, -0.05) is 23.7 Å². The van der Waals surface area contributed by atoms with Crippen LogP contribution in [0.15, 0.2) is 48.8 Å². The second-order valence-electron chi connectivity index (χ2n) is 8.58. The molecule has 0 atom stereocenters. The lowest BCUT2D eigenvalue weighted by Gasteiger charge is -2.33. The quantitative estimate of drug-likeness (QED) is 0.502. The summed E-state index contributed by atoms with van der Waals surface area (Å²) in [6, 6.07) is 10.8. The number of aryl methyl sites for hydroxylation is 1. The predicted octanol–water partition coefficient (Wildman–Crippen LogP) is 4.42. The molecule has 0 bridgehead atoms. The van der Waals surface area contributed by atoms with Crippen LogP contribution in [0.25, 0.3) is 0 Å². The van der Waals surface area contributed by atoms with Crippen molar-refractivity contribution in [3.8, 4) is 5.88 Å². The molecule has 4 rings (SSSR count). The summed E-state index contributed by atoms with van der Waals surface area (Å²) >= 11 is 6.11. The summed E-state index contributed by atoms with van der Waals surface area (Å²) in [5.74, 6) is 0.757. The maximum atomic E-state index is 12.6. The van der Waals surface area contributed by atoms with Gasteiger partial charge in [0.15, 0.2) is 0 Å². The van der Waals surface area contributed by atoms with E-state index >= 15 is 0 Å². The van der Waals surface area contributed by atoms with Crippen molar-refractivity contribution in [2.24, 2.45) is 13.0 Å². The van der Waals surface area contributed by atoms with E-state index < -0.39 is 6.09 Å². The van der Waals surface area contributed by atoms with E-state index in [0.29, 0.717) is 34.4 Å². The molecule has 3 heterocycles. The predicted molar refractivity (Wildman–Crippen MR) is 135 cm³/mol. The normalized spacial score (nSPS) is 14.0. The number of benzene rings is 1. The molecule has 35 heavy (non-hydrogen) atoms. The summed E-state index contributed by atoms with van der Waals surface area (Å²) in [6.07, 6.45) is 6.11. The van der Waals surface area contributed by atoms with Gasteiger partial charge in [0.05, 0.1) is 16.1 Å². The molecule has 0 radical (unpaired) electrons. The van der Waals surface area contributed by atoms with Crippen LogP contribution < -0.4 is 20.3 Å².